The zero-order chi connectivity index (χ0) is 11.5. The van der Waals surface area contributed by atoms with Crippen molar-refractivity contribution in [1.82, 2.24) is 4.90 Å². The molecule has 0 spiro atoms. The molecule has 2 N–H and O–H groups in total. The van der Waals surface area contributed by atoms with Crippen molar-refractivity contribution in [2.75, 3.05) is 13.1 Å². The highest BCUT2D eigenvalue weighted by Gasteiger charge is 2.32. The fraction of sp³-hybridized carbons (Fsp3) is 0.417. The maximum Gasteiger partial charge on any atom is 0.255 e. The van der Waals surface area contributed by atoms with Crippen LogP contribution in [0.4, 0.5) is 0 Å². The normalized spacial score (nSPS) is 19.4. The van der Waals surface area contributed by atoms with Crippen molar-refractivity contribution in [2.45, 2.75) is 18.9 Å². The molecule has 0 aromatic heterocycles. The van der Waals surface area contributed by atoms with E-state index in [2.05, 4.69) is 0 Å². The average molecular weight is 239 g/mol. The summed E-state index contributed by atoms with van der Waals surface area (Å²) in [5.41, 5.74) is 6.09. The Morgan fingerprint density at radius 1 is 1.50 bits per heavy atom. The maximum absolute atomic E-state index is 12.1. The number of amides is 1. The zero-order valence-electron chi connectivity index (χ0n) is 9.03. The van der Waals surface area contributed by atoms with Gasteiger partial charge in [-0.3, -0.25) is 4.79 Å². The first-order valence-electron chi connectivity index (χ1n) is 5.49. The van der Waals surface area contributed by atoms with Gasteiger partial charge in [0.1, 0.15) is 0 Å². The van der Waals surface area contributed by atoms with Gasteiger partial charge in [0.2, 0.25) is 0 Å². The number of halogens is 1. The Kier molecular flexibility index (Phi) is 3.46. The molecular weight excluding hydrogens is 224 g/mol. The van der Waals surface area contributed by atoms with E-state index >= 15 is 0 Å². The monoisotopic (exact) mass is 238 g/mol. The molecule has 2 rings (SSSR count). The van der Waals surface area contributed by atoms with E-state index in [9.17, 15) is 4.79 Å². The Morgan fingerprint density at radius 3 is 2.81 bits per heavy atom. The van der Waals surface area contributed by atoms with Crippen molar-refractivity contribution < 1.29 is 4.79 Å². The lowest BCUT2D eigenvalue weighted by molar-refractivity contribution is 0.0450. The molecule has 86 valence electrons. The van der Waals surface area contributed by atoms with Crippen molar-refractivity contribution in [2.24, 2.45) is 5.73 Å². The minimum Gasteiger partial charge on any atom is -0.335 e. The lowest BCUT2D eigenvalue weighted by Gasteiger charge is -2.41. The Balaban J connectivity index is 2.11. The molecule has 1 aromatic carbocycles. The van der Waals surface area contributed by atoms with E-state index in [0.717, 1.165) is 19.4 Å². The summed E-state index contributed by atoms with van der Waals surface area (Å²) in [7, 11) is 0. The van der Waals surface area contributed by atoms with Crippen LogP contribution >= 0.6 is 11.6 Å². The summed E-state index contributed by atoms with van der Waals surface area (Å²) >= 11 is 6.00. The van der Waals surface area contributed by atoms with E-state index in [1.54, 1.807) is 12.1 Å². The number of likely N-dealkylation sites (tertiary alicyclic amines) is 1. The van der Waals surface area contributed by atoms with Gasteiger partial charge in [-0.2, -0.15) is 0 Å². The molecule has 1 amide bonds. The Labute approximate surface area is 100 Å². The van der Waals surface area contributed by atoms with Gasteiger partial charge in [0.25, 0.3) is 5.91 Å². The molecule has 16 heavy (non-hydrogen) atoms. The summed E-state index contributed by atoms with van der Waals surface area (Å²) < 4.78 is 0. The van der Waals surface area contributed by atoms with Crippen LogP contribution in [-0.2, 0) is 0 Å². The third-order valence-electron chi connectivity index (χ3n) is 3.01. The Morgan fingerprint density at radius 2 is 2.25 bits per heavy atom. The minimum absolute atomic E-state index is 0.0234. The molecular formula is C12H15ClN2O. The second kappa shape index (κ2) is 4.85. The first-order chi connectivity index (χ1) is 7.74. The highest BCUT2D eigenvalue weighted by Crippen LogP contribution is 2.25. The van der Waals surface area contributed by atoms with Gasteiger partial charge in [0.15, 0.2) is 0 Å². The third-order valence-corrected chi connectivity index (χ3v) is 3.34. The van der Waals surface area contributed by atoms with Gasteiger partial charge in [-0.1, -0.05) is 23.7 Å². The van der Waals surface area contributed by atoms with Crippen LogP contribution in [0.5, 0.6) is 0 Å². The highest BCUT2D eigenvalue weighted by molar-refractivity contribution is 6.33. The van der Waals surface area contributed by atoms with Gasteiger partial charge in [-0.05, 0) is 31.5 Å². The van der Waals surface area contributed by atoms with E-state index in [0.29, 0.717) is 23.2 Å². The second-order valence-electron chi connectivity index (χ2n) is 4.00. The number of carbonyl (C=O) groups is 1. The molecule has 1 aliphatic rings. The fourth-order valence-electron chi connectivity index (χ4n) is 1.99. The van der Waals surface area contributed by atoms with E-state index < -0.39 is 0 Å². The maximum atomic E-state index is 12.1. The Bertz CT molecular complexity index is 394. The molecule has 1 fully saturated rings. The molecule has 1 saturated heterocycles. The van der Waals surface area contributed by atoms with Gasteiger partial charge < -0.3 is 10.6 Å². The average Bonchev–Trinajstić information content (AvgIpc) is 2.25. The van der Waals surface area contributed by atoms with Crippen LogP contribution < -0.4 is 5.73 Å². The number of nitrogens with zero attached hydrogens (tertiary/aromatic N) is 1. The van der Waals surface area contributed by atoms with Crippen molar-refractivity contribution in [1.29, 1.82) is 0 Å². The first-order valence-corrected chi connectivity index (χ1v) is 5.87. The van der Waals surface area contributed by atoms with Crippen LogP contribution in [0.2, 0.25) is 5.02 Å². The van der Waals surface area contributed by atoms with E-state index in [1.807, 2.05) is 17.0 Å². The van der Waals surface area contributed by atoms with Gasteiger partial charge in [-0.15, -0.1) is 0 Å². The van der Waals surface area contributed by atoms with Crippen LogP contribution in [-0.4, -0.2) is 29.9 Å². The van der Waals surface area contributed by atoms with E-state index in [-0.39, 0.29) is 5.91 Å². The molecule has 3 nitrogen and oxygen atoms in total. The molecule has 0 aliphatic carbocycles. The molecule has 1 heterocycles. The summed E-state index contributed by atoms with van der Waals surface area (Å²) in [5.74, 6) is 0.0234. The quantitative estimate of drug-likeness (QED) is 0.874. The van der Waals surface area contributed by atoms with Crippen LogP contribution in [0.25, 0.3) is 0 Å². The van der Waals surface area contributed by atoms with Crippen LogP contribution in [0, 0.1) is 0 Å². The summed E-state index contributed by atoms with van der Waals surface area (Å²) in [6.07, 6.45) is 1.92. The molecule has 1 unspecified atom stereocenters. The molecule has 1 atom stereocenters. The number of carbonyl (C=O) groups excluding carboxylic acids is 1. The number of benzene rings is 1. The predicted molar refractivity (Wildman–Crippen MR) is 64.6 cm³/mol. The molecule has 0 saturated carbocycles. The van der Waals surface area contributed by atoms with Gasteiger partial charge in [-0.25, -0.2) is 0 Å². The molecule has 0 bridgehead atoms. The van der Waals surface area contributed by atoms with Gasteiger partial charge >= 0.3 is 0 Å². The minimum atomic E-state index is 0.0234. The van der Waals surface area contributed by atoms with Gasteiger partial charge in [0.05, 0.1) is 10.6 Å². The standard InChI is InChI=1S/C12H15ClN2O/c13-11-4-2-1-3-10(11)12(16)15-8-6-9(15)5-7-14/h1-4,9H,5-8,14H2. The molecule has 1 aliphatic heterocycles. The topological polar surface area (TPSA) is 46.3 Å². The summed E-state index contributed by atoms with van der Waals surface area (Å²) in [5, 5.41) is 0.519. The zero-order valence-corrected chi connectivity index (χ0v) is 9.78. The van der Waals surface area contributed by atoms with Crippen LogP contribution in [0.15, 0.2) is 24.3 Å². The number of rotatable bonds is 3. The lowest BCUT2D eigenvalue weighted by Crippen LogP contribution is -2.51. The predicted octanol–water partition coefficient (Wildman–Crippen LogP) is 1.90. The summed E-state index contributed by atoms with van der Waals surface area (Å²) in [4.78, 5) is 14.0. The third kappa shape index (κ3) is 2.06. The van der Waals surface area contributed by atoms with Crippen molar-refractivity contribution in [3.63, 3.8) is 0 Å². The summed E-state index contributed by atoms with van der Waals surface area (Å²) in [6, 6.07) is 7.46. The van der Waals surface area contributed by atoms with E-state index in [1.165, 1.54) is 0 Å². The largest absolute Gasteiger partial charge is 0.335 e. The molecule has 1 aromatic rings. The number of nitrogens with two attached hydrogens (primary N) is 1. The highest BCUT2D eigenvalue weighted by atomic mass is 35.5. The smallest absolute Gasteiger partial charge is 0.255 e. The number of hydrogen-bond donors (Lipinski definition) is 1. The second-order valence-corrected chi connectivity index (χ2v) is 4.41. The first kappa shape index (κ1) is 11.4. The van der Waals surface area contributed by atoms with Crippen LogP contribution in [0.3, 0.4) is 0 Å². The van der Waals surface area contributed by atoms with Crippen molar-refractivity contribution >= 4 is 17.5 Å². The molecule has 0 radical (unpaired) electrons. The van der Waals surface area contributed by atoms with E-state index in [4.69, 9.17) is 17.3 Å². The van der Waals surface area contributed by atoms with Gasteiger partial charge in [0, 0.05) is 12.6 Å². The van der Waals surface area contributed by atoms with Crippen molar-refractivity contribution in [3.8, 4) is 0 Å². The Hall–Kier alpha value is -1.06. The van der Waals surface area contributed by atoms with Crippen LogP contribution in [0.1, 0.15) is 23.2 Å². The number of hydrogen-bond acceptors (Lipinski definition) is 2. The lowest BCUT2D eigenvalue weighted by atomic mass is 9.98. The SMILES string of the molecule is NCCC1CCN1C(=O)c1ccccc1Cl. The fourth-order valence-corrected chi connectivity index (χ4v) is 2.21. The van der Waals surface area contributed by atoms with Crippen molar-refractivity contribution in [3.05, 3.63) is 34.9 Å². The summed E-state index contributed by atoms with van der Waals surface area (Å²) in [6.45, 7) is 1.44. The molecule has 4 heteroatoms.